The topological polar surface area (TPSA) is 134 Å². The lowest BCUT2D eigenvalue weighted by Crippen LogP contribution is -2.36. The van der Waals surface area contributed by atoms with Gasteiger partial charge in [0.15, 0.2) is 0 Å². The predicted molar refractivity (Wildman–Crippen MR) is 96.4 cm³/mol. The van der Waals surface area contributed by atoms with Gasteiger partial charge in [-0.1, -0.05) is 6.42 Å². The Morgan fingerprint density at radius 1 is 1.28 bits per heavy atom. The third kappa shape index (κ3) is 6.39. The molecule has 0 bridgehead atoms. The molecular formula is C16H28N4O4S. The lowest BCUT2D eigenvalue weighted by molar-refractivity contribution is -0.138. The van der Waals surface area contributed by atoms with E-state index >= 15 is 0 Å². The van der Waals surface area contributed by atoms with Crippen molar-refractivity contribution in [2.24, 2.45) is 5.73 Å². The summed E-state index contributed by atoms with van der Waals surface area (Å²) < 4.78 is 0. The first-order chi connectivity index (χ1) is 12.0. The van der Waals surface area contributed by atoms with Crippen LogP contribution in [0.1, 0.15) is 44.9 Å². The van der Waals surface area contributed by atoms with Crippen molar-refractivity contribution >= 4 is 29.7 Å². The number of rotatable bonds is 11. The van der Waals surface area contributed by atoms with Gasteiger partial charge in [-0.15, -0.1) is 0 Å². The SMILES string of the molecule is N[C@@H](CCCCNC(=O)CCCCC1SCC2NC(=O)NC21)C(=O)O. The van der Waals surface area contributed by atoms with Crippen LogP contribution in [0.5, 0.6) is 0 Å². The third-order valence-electron chi connectivity index (χ3n) is 4.66. The maximum absolute atomic E-state index is 11.8. The van der Waals surface area contributed by atoms with E-state index in [1.54, 1.807) is 0 Å². The minimum Gasteiger partial charge on any atom is -0.480 e. The minimum absolute atomic E-state index is 0.0373. The number of carbonyl (C=O) groups excluding carboxylic acids is 2. The summed E-state index contributed by atoms with van der Waals surface area (Å²) in [5.74, 6) is 0.0131. The molecule has 25 heavy (non-hydrogen) atoms. The van der Waals surface area contributed by atoms with E-state index in [2.05, 4.69) is 16.0 Å². The number of urea groups is 1. The monoisotopic (exact) mass is 372 g/mol. The molecule has 2 aliphatic heterocycles. The minimum atomic E-state index is -0.983. The van der Waals surface area contributed by atoms with E-state index in [-0.39, 0.29) is 24.0 Å². The molecule has 4 atom stereocenters. The molecule has 142 valence electrons. The molecule has 3 unspecified atom stereocenters. The van der Waals surface area contributed by atoms with Gasteiger partial charge in [0.2, 0.25) is 5.91 Å². The second-order valence-electron chi connectivity index (χ2n) is 6.66. The van der Waals surface area contributed by atoms with E-state index in [4.69, 9.17) is 10.8 Å². The number of carboxylic acid groups (broad SMARTS) is 1. The second kappa shape index (κ2) is 9.86. The average Bonchev–Trinajstić information content (AvgIpc) is 3.10. The van der Waals surface area contributed by atoms with Crippen molar-refractivity contribution in [3.63, 3.8) is 0 Å². The van der Waals surface area contributed by atoms with Gasteiger partial charge in [0.1, 0.15) is 6.04 Å². The van der Waals surface area contributed by atoms with Gasteiger partial charge in [0.25, 0.3) is 0 Å². The zero-order valence-electron chi connectivity index (χ0n) is 14.3. The summed E-state index contributed by atoms with van der Waals surface area (Å²) in [5.41, 5.74) is 5.42. The summed E-state index contributed by atoms with van der Waals surface area (Å²) in [6.07, 6.45) is 5.18. The van der Waals surface area contributed by atoms with Crippen LogP contribution in [0.3, 0.4) is 0 Å². The lowest BCUT2D eigenvalue weighted by atomic mass is 10.0. The Bertz CT molecular complexity index is 491. The van der Waals surface area contributed by atoms with E-state index in [9.17, 15) is 14.4 Å². The molecule has 2 fully saturated rings. The summed E-state index contributed by atoms with van der Waals surface area (Å²) in [6.45, 7) is 0.561. The molecule has 2 rings (SSSR count). The van der Waals surface area contributed by atoms with Crippen molar-refractivity contribution in [3.8, 4) is 0 Å². The molecule has 2 saturated heterocycles. The fraction of sp³-hybridized carbons (Fsp3) is 0.812. The van der Waals surface area contributed by atoms with Crippen molar-refractivity contribution in [1.82, 2.24) is 16.0 Å². The first-order valence-electron chi connectivity index (χ1n) is 8.91. The Labute approximate surface area is 152 Å². The van der Waals surface area contributed by atoms with Crippen LogP contribution in [0, 0.1) is 0 Å². The zero-order valence-corrected chi connectivity index (χ0v) is 15.1. The molecule has 0 aliphatic carbocycles. The van der Waals surface area contributed by atoms with Crippen molar-refractivity contribution in [1.29, 1.82) is 0 Å². The number of nitrogens with one attached hydrogen (secondary N) is 3. The number of unbranched alkanes of at least 4 members (excludes halogenated alkanes) is 2. The van der Waals surface area contributed by atoms with Gasteiger partial charge in [-0.2, -0.15) is 11.8 Å². The Kier molecular flexibility index (Phi) is 7.83. The molecule has 0 aromatic heterocycles. The maximum Gasteiger partial charge on any atom is 0.320 e. The smallest absolute Gasteiger partial charge is 0.320 e. The highest BCUT2D eigenvalue weighted by Crippen LogP contribution is 2.33. The summed E-state index contributed by atoms with van der Waals surface area (Å²) in [7, 11) is 0. The lowest BCUT2D eigenvalue weighted by Gasteiger charge is -2.16. The number of amides is 3. The Morgan fingerprint density at radius 2 is 2.08 bits per heavy atom. The highest BCUT2D eigenvalue weighted by molar-refractivity contribution is 8.00. The molecule has 0 aromatic carbocycles. The van der Waals surface area contributed by atoms with E-state index in [0.29, 0.717) is 31.1 Å². The summed E-state index contributed by atoms with van der Waals surface area (Å²) in [5, 5.41) is 17.9. The molecule has 9 heteroatoms. The van der Waals surface area contributed by atoms with Crippen LogP contribution < -0.4 is 21.7 Å². The molecule has 0 spiro atoms. The van der Waals surface area contributed by atoms with Crippen molar-refractivity contribution in [2.75, 3.05) is 12.3 Å². The van der Waals surface area contributed by atoms with Crippen LogP contribution in [0.15, 0.2) is 0 Å². The first kappa shape index (κ1) is 19.8. The standard InChI is InChI=1S/C16H28N4O4S/c17-10(15(22)23)5-3-4-8-18-13(21)7-2-1-6-12-14-11(9-25-12)19-16(24)20-14/h10-12,14H,1-9,17H2,(H,18,21)(H,22,23)(H2,19,20,24)/t10-,11?,12?,14?/m0/s1. The first-order valence-corrected chi connectivity index (χ1v) is 9.96. The predicted octanol–water partition coefficient (Wildman–Crippen LogP) is 0.411. The van der Waals surface area contributed by atoms with E-state index in [1.165, 1.54) is 0 Å². The third-order valence-corrected chi connectivity index (χ3v) is 6.17. The molecule has 2 heterocycles. The fourth-order valence-electron chi connectivity index (χ4n) is 3.20. The molecule has 3 amide bonds. The van der Waals surface area contributed by atoms with Gasteiger partial charge in [-0.25, -0.2) is 4.79 Å². The number of carbonyl (C=O) groups is 3. The van der Waals surface area contributed by atoms with Crippen LogP contribution in [-0.4, -0.2) is 58.7 Å². The number of carboxylic acids is 1. The normalized spacial score (nSPS) is 25.8. The number of thioether (sulfide) groups is 1. The molecule has 6 N–H and O–H groups in total. The Balaban J connectivity index is 1.46. The van der Waals surface area contributed by atoms with Crippen LogP contribution in [0.25, 0.3) is 0 Å². The van der Waals surface area contributed by atoms with Crippen LogP contribution in [0.2, 0.25) is 0 Å². The molecule has 8 nitrogen and oxygen atoms in total. The van der Waals surface area contributed by atoms with E-state index < -0.39 is 12.0 Å². The number of nitrogens with two attached hydrogens (primary N) is 1. The summed E-state index contributed by atoms with van der Waals surface area (Å²) in [4.78, 5) is 33.7. The number of hydrogen-bond acceptors (Lipinski definition) is 5. The van der Waals surface area contributed by atoms with Crippen LogP contribution >= 0.6 is 11.8 Å². The zero-order chi connectivity index (χ0) is 18.2. The summed E-state index contributed by atoms with van der Waals surface area (Å²) in [6, 6.07) is -0.406. The molecule has 0 saturated carbocycles. The molecule has 2 aliphatic rings. The number of hydrogen-bond donors (Lipinski definition) is 5. The highest BCUT2D eigenvalue weighted by Gasteiger charge is 2.42. The van der Waals surface area contributed by atoms with Gasteiger partial charge in [-0.3, -0.25) is 9.59 Å². The summed E-state index contributed by atoms with van der Waals surface area (Å²) >= 11 is 1.89. The number of aliphatic carboxylic acids is 1. The number of fused-ring (bicyclic) bond motifs is 1. The van der Waals surface area contributed by atoms with E-state index in [1.807, 2.05) is 11.8 Å². The largest absolute Gasteiger partial charge is 0.480 e. The van der Waals surface area contributed by atoms with Crippen molar-refractivity contribution in [3.05, 3.63) is 0 Å². The maximum atomic E-state index is 11.8. The quantitative estimate of drug-likeness (QED) is 0.263. The van der Waals surface area contributed by atoms with E-state index in [0.717, 1.165) is 31.4 Å². The molecule has 0 radical (unpaired) electrons. The highest BCUT2D eigenvalue weighted by atomic mass is 32.2. The van der Waals surface area contributed by atoms with Crippen molar-refractivity contribution < 1.29 is 19.5 Å². The molecular weight excluding hydrogens is 344 g/mol. The van der Waals surface area contributed by atoms with Gasteiger partial charge < -0.3 is 26.8 Å². The van der Waals surface area contributed by atoms with Crippen LogP contribution in [0.4, 0.5) is 4.79 Å². The second-order valence-corrected chi connectivity index (χ2v) is 7.93. The van der Waals surface area contributed by atoms with Gasteiger partial charge in [0, 0.05) is 24.0 Å². The van der Waals surface area contributed by atoms with Gasteiger partial charge in [0.05, 0.1) is 12.1 Å². The Hall–Kier alpha value is -1.48. The van der Waals surface area contributed by atoms with Crippen molar-refractivity contribution in [2.45, 2.75) is 68.3 Å². The van der Waals surface area contributed by atoms with Gasteiger partial charge >= 0.3 is 12.0 Å². The molecule has 0 aromatic rings. The average molecular weight is 372 g/mol. The van der Waals surface area contributed by atoms with Crippen LogP contribution in [-0.2, 0) is 9.59 Å². The fourth-order valence-corrected chi connectivity index (χ4v) is 4.75. The Morgan fingerprint density at radius 3 is 2.84 bits per heavy atom. The van der Waals surface area contributed by atoms with Gasteiger partial charge in [-0.05, 0) is 32.1 Å².